The first kappa shape index (κ1) is 12.9. The molecule has 0 saturated heterocycles. The SMILES string of the molecule is CCc1ncnc(Oc2cnccc2C(=O)O)c1F. The first-order valence-electron chi connectivity index (χ1n) is 5.48. The molecule has 0 unspecified atom stereocenters. The maximum Gasteiger partial charge on any atom is 0.339 e. The molecule has 98 valence electrons. The number of halogens is 1. The third-order valence-corrected chi connectivity index (χ3v) is 2.39. The van der Waals surface area contributed by atoms with Gasteiger partial charge in [-0.2, -0.15) is 9.37 Å². The molecule has 2 rings (SSSR count). The molecule has 0 fully saturated rings. The highest BCUT2D eigenvalue weighted by Gasteiger charge is 2.16. The van der Waals surface area contributed by atoms with Crippen molar-refractivity contribution in [3.63, 3.8) is 0 Å². The Morgan fingerprint density at radius 3 is 2.95 bits per heavy atom. The molecule has 6 nitrogen and oxygen atoms in total. The summed E-state index contributed by atoms with van der Waals surface area (Å²) in [4.78, 5) is 22.1. The maximum atomic E-state index is 13.9. The number of aryl methyl sites for hydroxylation is 1. The van der Waals surface area contributed by atoms with Crippen molar-refractivity contribution in [1.29, 1.82) is 0 Å². The van der Waals surface area contributed by atoms with E-state index >= 15 is 0 Å². The average Bonchev–Trinajstić information content (AvgIpc) is 2.41. The Labute approximate surface area is 107 Å². The summed E-state index contributed by atoms with van der Waals surface area (Å²) in [6.07, 6.45) is 4.04. The number of carboxylic acid groups (broad SMARTS) is 1. The van der Waals surface area contributed by atoms with Crippen LogP contribution in [0.2, 0.25) is 0 Å². The summed E-state index contributed by atoms with van der Waals surface area (Å²) in [7, 11) is 0. The Hall–Kier alpha value is -2.57. The van der Waals surface area contributed by atoms with E-state index in [4.69, 9.17) is 9.84 Å². The molecule has 0 radical (unpaired) electrons. The second-order valence-electron chi connectivity index (χ2n) is 3.57. The largest absolute Gasteiger partial charge is 0.478 e. The molecule has 0 saturated carbocycles. The number of hydrogen-bond acceptors (Lipinski definition) is 5. The van der Waals surface area contributed by atoms with Gasteiger partial charge in [-0.1, -0.05) is 6.92 Å². The fourth-order valence-electron chi connectivity index (χ4n) is 1.45. The van der Waals surface area contributed by atoms with Gasteiger partial charge in [-0.15, -0.1) is 0 Å². The van der Waals surface area contributed by atoms with Gasteiger partial charge in [0.05, 0.1) is 11.9 Å². The minimum atomic E-state index is -1.19. The summed E-state index contributed by atoms with van der Waals surface area (Å²) >= 11 is 0. The average molecular weight is 263 g/mol. The van der Waals surface area contributed by atoms with Crippen LogP contribution < -0.4 is 4.74 Å². The van der Waals surface area contributed by atoms with Crippen LogP contribution in [0, 0.1) is 5.82 Å². The van der Waals surface area contributed by atoms with Gasteiger partial charge < -0.3 is 9.84 Å². The molecule has 0 aliphatic rings. The van der Waals surface area contributed by atoms with Crippen LogP contribution in [0.4, 0.5) is 4.39 Å². The molecule has 0 atom stereocenters. The standard InChI is InChI=1S/C12H10FN3O3/c1-2-8-10(13)11(16-6-15-8)19-9-5-14-4-3-7(9)12(17)18/h3-6H,2H2,1H3,(H,17,18). The minimum Gasteiger partial charge on any atom is -0.478 e. The molecule has 0 bridgehead atoms. The van der Waals surface area contributed by atoms with Crippen LogP contribution in [-0.4, -0.2) is 26.0 Å². The lowest BCUT2D eigenvalue weighted by molar-refractivity contribution is 0.0693. The van der Waals surface area contributed by atoms with Gasteiger partial charge in [-0.05, 0) is 12.5 Å². The van der Waals surface area contributed by atoms with Gasteiger partial charge in [0, 0.05) is 6.20 Å². The number of rotatable bonds is 4. The summed E-state index contributed by atoms with van der Waals surface area (Å²) in [6, 6.07) is 1.26. The summed E-state index contributed by atoms with van der Waals surface area (Å²) in [6.45, 7) is 1.74. The summed E-state index contributed by atoms with van der Waals surface area (Å²) in [5.41, 5.74) is 0.0804. The normalized spacial score (nSPS) is 10.2. The molecule has 0 amide bonds. The van der Waals surface area contributed by atoms with Crippen molar-refractivity contribution in [3.05, 3.63) is 41.9 Å². The number of carbonyl (C=O) groups is 1. The van der Waals surface area contributed by atoms with Gasteiger partial charge in [0.2, 0.25) is 5.82 Å². The van der Waals surface area contributed by atoms with Gasteiger partial charge in [0.1, 0.15) is 11.9 Å². The van der Waals surface area contributed by atoms with Crippen LogP contribution in [-0.2, 0) is 6.42 Å². The number of aromatic carboxylic acids is 1. The number of aromatic nitrogens is 3. The van der Waals surface area contributed by atoms with E-state index in [2.05, 4.69) is 15.0 Å². The Morgan fingerprint density at radius 2 is 2.26 bits per heavy atom. The number of nitrogens with zero attached hydrogens (tertiary/aromatic N) is 3. The van der Waals surface area contributed by atoms with Crippen molar-refractivity contribution < 1.29 is 19.0 Å². The summed E-state index contributed by atoms with van der Waals surface area (Å²) in [5, 5.41) is 8.98. The predicted octanol–water partition coefficient (Wildman–Crippen LogP) is 2.06. The van der Waals surface area contributed by atoms with Crippen LogP contribution >= 0.6 is 0 Å². The maximum absolute atomic E-state index is 13.9. The van der Waals surface area contributed by atoms with Gasteiger partial charge in [-0.25, -0.2) is 9.78 Å². The van der Waals surface area contributed by atoms with E-state index in [-0.39, 0.29) is 22.9 Å². The van der Waals surface area contributed by atoms with E-state index in [0.29, 0.717) is 6.42 Å². The van der Waals surface area contributed by atoms with Crippen molar-refractivity contribution in [3.8, 4) is 11.6 Å². The molecule has 0 aliphatic carbocycles. The van der Waals surface area contributed by atoms with E-state index < -0.39 is 11.8 Å². The molecule has 0 aliphatic heterocycles. The molecule has 19 heavy (non-hydrogen) atoms. The number of carboxylic acids is 1. The third kappa shape index (κ3) is 2.65. The molecule has 2 aromatic heterocycles. The molecule has 0 spiro atoms. The molecule has 0 aromatic carbocycles. The van der Waals surface area contributed by atoms with Crippen molar-refractivity contribution in [2.45, 2.75) is 13.3 Å². The van der Waals surface area contributed by atoms with E-state index in [9.17, 15) is 9.18 Å². The second kappa shape index (κ2) is 5.38. The topological polar surface area (TPSA) is 85.2 Å². The number of pyridine rings is 1. The number of hydrogen-bond donors (Lipinski definition) is 1. The van der Waals surface area contributed by atoms with Crippen molar-refractivity contribution in [2.75, 3.05) is 0 Å². The van der Waals surface area contributed by atoms with Crippen molar-refractivity contribution >= 4 is 5.97 Å². The first-order chi connectivity index (χ1) is 9.13. The van der Waals surface area contributed by atoms with E-state index in [1.165, 1.54) is 18.5 Å². The van der Waals surface area contributed by atoms with Gasteiger partial charge in [0.15, 0.2) is 5.75 Å². The lowest BCUT2D eigenvalue weighted by Gasteiger charge is -2.08. The van der Waals surface area contributed by atoms with Crippen LogP contribution in [0.3, 0.4) is 0 Å². The van der Waals surface area contributed by atoms with Crippen LogP contribution in [0.25, 0.3) is 0 Å². The van der Waals surface area contributed by atoms with Crippen molar-refractivity contribution in [1.82, 2.24) is 15.0 Å². The second-order valence-corrected chi connectivity index (χ2v) is 3.57. The first-order valence-corrected chi connectivity index (χ1v) is 5.48. The zero-order chi connectivity index (χ0) is 13.8. The van der Waals surface area contributed by atoms with Crippen LogP contribution in [0.5, 0.6) is 11.6 Å². The van der Waals surface area contributed by atoms with E-state index in [1.807, 2.05) is 0 Å². The van der Waals surface area contributed by atoms with Gasteiger partial charge >= 0.3 is 5.97 Å². The summed E-state index contributed by atoms with van der Waals surface area (Å²) < 4.78 is 19.0. The fraction of sp³-hybridized carbons (Fsp3) is 0.167. The lowest BCUT2D eigenvalue weighted by atomic mass is 10.2. The highest BCUT2D eigenvalue weighted by Crippen LogP contribution is 2.25. The van der Waals surface area contributed by atoms with Crippen molar-refractivity contribution in [2.24, 2.45) is 0 Å². The smallest absolute Gasteiger partial charge is 0.339 e. The zero-order valence-electron chi connectivity index (χ0n) is 10.00. The van der Waals surface area contributed by atoms with E-state index in [0.717, 1.165) is 6.33 Å². The fourth-order valence-corrected chi connectivity index (χ4v) is 1.45. The molecule has 1 N–H and O–H groups in total. The Bertz CT molecular complexity index is 619. The van der Waals surface area contributed by atoms with Gasteiger partial charge in [0.25, 0.3) is 5.88 Å². The Morgan fingerprint density at radius 1 is 1.47 bits per heavy atom. The molecular weight excluding hydrogens is 253 g/mol. The predicted molar refractivity (Wildman–Crippen MR) is 62.6 cm³/mol. The summed E-state index contributed by atoms with van der Waals surface area (Å²) in [5.74, 6) is -2.29. The zero-order valence-corrected chi connectivity index (χ0v) is 10.00. The molecule has 2 aromatic rings. The molecule has 2 heterocycles. The third-order valence-electron chi connectivity index (χ3n) is 2.39. The van der Waals surface area contributed by atoms with Crippen LogP contribution in [0.1, 0.15) is 23.0 Å². The minimum absolute atomic E-state index is 0.0744. The Balaban J connectivity index is 2.39. The lowest BCUT2D eigenvalue weighted by Crippen LogP contribution is -2.04. The monoisotopic (exact) mass is 263 g/mol. The molecular formula is C12H10FN3O3. The quantitative estimate of drug-likeness (QED) is 0.908. The molecule has 7 heteroatoms. The Kier molecular flexibility index (Phi) is 3.65. The van der Waals surface area contributed by atoms with E-state index in [1.54, 1.807) is 6.92 Å². The van der Waals surface area contributed by atoms with Crippen LogP contribution in [0.15, 0.2) is 24.8 Å². The highest BCUT2D eigenvalue weighted by atomic mass is 19.1. The van der Waals surface area contributed by atoms with Gasteiger partial charge in [-0.3, -0.25) is 4.98 Å². The highest BCUT2D eigenvalue weighted by molar-refractivity contribution is 5.90. The number of ether oxygens (including phenoxy) is 1.